The normalized spacial score (nSPS) is 15.6. The molecular weight excluding hydrogens is 303 g/mol. The maximum atomic E-state index is 13.6. The maximum Gasteiger partial charge on any atom is 0.328 e. The van der Waals surface area contributed by atoms with Gasteiger partial charge >= 0.3 is 11.9 Å². The number of carboxylic acid groups (broad SMARTS) is 2. The zero-order chi connectivity index (χ0) is 16.7. The summed E-state index contributed by atoms with van der Waals surface area (Å²) in [5.41, 5.74) is 0.0917. The van der Waals surface area contributed by atoms with Gasteiger partial charge in [-0.2, -0.15) is 0 Å². The number of alkyl halides is 1. The Morgan fingerprint density at radius 3 is 1.86 bits per heavy atom. The van der Waals surface area contributed by atoms with Gasteiger partial charge in [0.1, 0.15) is 17.8 Å². The fraction of sp³-hybridized carbons (Fsp3) is 0.286. The Balaban J connectivity index is 0.000000261. The van der Waals surface area contributed by atoms with Gasteiger partial charge in [0.25, 0.3) is 0 Å². The van der Waals surface area contributed by atoms with Crippen LogP contribution in [0.5, 0.6) is 0 Å². The number of carboxylic acids is 2. The summed E-state index contributed by atoms with van der Waals surface area (Å²) in [6.07, 6.45) is -0.161. The van der Waals surface area contributed by atoms with Crippen LogP contribution in [-0.2, 0) is 9.59 Å². The molecule has 1 aromatic rings. The number of hydrogen-bond acceptors (Lipinski definition) is 3. The Bertz CT molecular complexity index is 537. The van der Waals surface area contributed by atoms with Crippen LogP contribution in [0.2, 0.25) is 0 Å². The standard InChI is InChI=1S/C10H10F3N.C4H4O4/c11-8-1-6(2-9(12)3-8)10(13)7-4-14-5-7;5-3(6)1-2-4(7)8/h1-3,7,10,14H,4-5H2;1-2H,(H,5,6)(H,7,8)/b;2-1+. The SMILES string of the molecule is Fc1cc(F)cc(C(F)C2CNC2)c1.O=C(O)/C=C/C(=O)O. The summed E-state index contributed by atoms with van der Waals surface area (Å²) in [5.74, 6) is -4.12. The molecule has 1 heterocycles. The van der Waals surface area contributed by atoms with Crippen LogP contribution < -0.4 is 5.32 Å². The summed E-state index contributed by atoms with van der Waals surface area (Å²) in [6, 6.07) is 2.84. The van der Waals surface area contributed by atoms with Crippen LogP contribution in [0.1, 0.15) is 11.7 Å². The van der Waals surface area contributed by atoms with Crippen molar-refractivity contribution in [3.63, 3.8) is 0 Å². The second-order valence-electron chi connectivity index (χ2n) is 4.53. The van der Waals surface area contributed by atoms with E-state index in [1.54, 1.807) is 0 Å². The van der Waals surface area contributed by atoms with E-state index in [0.717, 1.165) is 18.2 Å². The van der Waals surface area contributed by atoms with Crippen LogP contribution in [-0.4, -0.2) is 35.2 Å². The summed E-state index contributed by atoms with van der Waals surface area (Å²) < 4.78 is 39.1. The summed E-state index contributed by atoms with van der Waals surface area (Å²) in [4.78, 5) is 19.1. The number of rotatable bonds is 4. The highest BCUT2D eigenvalue weighted by atomic mass is 19.1. The Morgan fingerprint density at radius 1 is 1.09 bits per heavy atom. The lowest BCUT2D eigenvalue weighted by Crippen LogP contribution is -2.44. The van der Waals surface area contributed by atoms with Crippen molar-refractivity contribution in [3.05, 3.63) is 47.5 Å². The average molecular weight is 317 g/mol. The Hall–Kier alpha value is -2.35. The number of carbonyl (C=O) groups is 2. The second-order valence-corrected chi connectivity index (χ2v) is 4.53. The van der Waals surface area contributed by atoms with Crippen LogP contribution in [0.15, 0.2) is 30.4 Å². The minimum Gasteiger partial charge on any atom is -0.478 e. The zero-order valence-electron chi connectivity index (χ0n) is 11.3. The van der Waals surface area contributed by atoms with Crippen LogP contribution in [0.3, 0.4) is 0 Å². The van der Waals surface area contributed by atoms with Gasteiger partial charge in [-0.1, -0.05) is 0 Å². The van der Waals surface area contributed by atoms with E-state index in [0.29, 0.717) is 25.2 Å². The second kappa shape index (κ2) is 8.18. The molecule has 1 atom stereocenters. The van der Waals surface area contributed by atoms with Crippen LogP contribution in [0.25, 0.3) is 0 Å². The van der Waals surface area contributed by atoms with Crippen molar-refractivity contribution in [1.82, 2.24) is 5.32 Å². The lowest BCUT2D eigenvalue weighted by atomic mass is 9.92. The summed E-state index contributed by atoms with van der Waals surface area (Å²) in [7, 11) is 0. The van der Waals surface area contributed by atoms with Crippen LogP contribution in [0, 0.1) is 17.6 Å². The number of aliphatic carboxylic acids is 2. The van der Waals surface area contributed by atoms with Gasteiger partial charge in [-0.3, -0.25) is 0 Å². The first-order valence-corrected chi connectivity index (χ1v) is 6.24. The molecule has 8 heteroatoms. The molecule has 0 bridgehead atoms. The third-order valence-corrected chi connectivity index (χ3v) is 2.80. The molecule has 2 rings (SSSR count). The maximum absolute atomic E-state index is 13.6. The van der Waals surface area contributed by atoms with Gasteiger partial charge < -0.3 is 15.5 Å². The fourth-order valence-corrected chi connectivity index (χ4v) is 1.67. The van der Waals surface area contributed by atoms with Crippen molar-refractivity contribution < 1.29 is 33.0 Å². The molecule has 0 amide bonds. The summed E-state index contributed by atoms with van der Waals surface area (Å²) in [5, 5.41) is 18.5. The monoisotopic (exact) mass is 317 g/mol. The third kappa shape index (κ3) is 5.96. The smallest absolute Gasteiger partial charge is 0.328 e. The molecule has 1 aliphatic rings. The lowest BCUT2D eigenvalue weighted by molar-refractivity contribution is -0.134. The fourth-order valence-electron chi connectivity index (χ4n) is 1.67. The van der Waals surface area contributed by atoms with Gasteiger partial charge in [-0.25, -0.2) is 22.8 Å². The first-order valence-electron chi connectivity index (χ1n) is 6.24. The predicted molar refractivity (Wildman–Crippen MR) is 71.0 cm³/mol. The minimum absolute atomic E-state index is 0.0917. The largest absolute Gasteiger partial charge is 0.478 e. The van der Waals surface area contributed by atoms with Gasteiger partial charge in [0, 0.05) is 37.2 Å². The minimum atomic E-state index is -1.28. The number of nitrogens with one attached hydrogen (secondary N) is 1. The van der Waals surface area contributed by atoms with Crippen LogP contribution >= 0.6 is 0 Å². The quantitative estimate of drug-likeness (QED) is 0.739. The van der Waals surface area contributed by atoms with Crippen molar-refractivity contribution in [1.29, 1.82) is 0 Å². The topological polar surface area (TPSA) is 86.6 Å². The third-order valence-electron chi connectivity index (χ3n) is 2.80. The van der Waals surface area contributed by atoms with E-state index in [2.05, 4.69) is 5.32 Å². The molecule has 1 unspecified atom stereocenters. The number of benzene rings is 1. The molecule has 0 radical (unpaired) electrons. The summed E-state index contributed by atoms with van der Waals surface area (Å²) >= 11 is 0. The molecule has 0 aromatic heterocycles. The molecule has 1 fully saturated rings. The van der Waals surface area contributed by atoms with E-state index in [-0.39, 0.29) is 11.5 Å². The van der Waals surface area contributed by atoms with E-state index < -0.39 is 29.7 Å². The van der Waals surface area contributed by atoms with E-state index >= 15 is 0 Å². The number of hydrogen-bond donors (Lipinski definition) is 3. The molecule has 0 aliphatic carbocycles. The van der Waals surface area contributed by atoms with Crippen molar-refractivity contribution >= 4 is 11.9 Å². The van der Waals surface area contributed by atoms with Gasteiger partial charge in [0.2, 0.25) is 0 Å². The van der Waals surface area contributed by atoms with Crippen molar-refractivity contribution in [2.45, 2.75) is 6.17 Å². The van der Waals surface area contributed by atoms with Gasteiger partial charge in [0.05, 0.1) is 0 Å². The molecule has 0 spiro atoms. The molecule has 1 aromatic carbocycles. The van der Waals surface area contributed by atoms with Crippen molar-refractivity contribution in [2.24, 2.45) is 5.92 Å². The molecule has 0 saturated carbocycles. The first-order chi connectivity index (χ1) is 10.3. The molecule has 22 heavy (non-hydrogen) atoms. The molecule has 3 N–H and O–H groups in total. The Kier molecular flexibility index (Phi) is 6.58. The Morgan fingerprint density at radius 2 is 1.55 bits per heavy atom. The van der Waals surface area contributed by atoms with E-state index in [1.165, 1.54) is 0 Å². The number of halogens is 3. The highest BCUT2D eigenvalue weighted by Crippen LogP contribution is 2.29. The highest BCUT2D eigenvalue weighted by Gasteiger charge is 2.28. The van der Waals surface area contributed by atoms with Crippen molar-refractivity contribution in [2.75, 3.05) is 13.1 Å². The molecule has 5 nitrogen and oxygen atoms in total. The van der Waals surface area contributed by atoms with Gasteiger partial charge in [0.15, 0.2) is 0 Å². The first kappa shape index (κ1) is 17.7. The Labute approximate surface area is 124 Å². The predicted octanol–water partition coefficient (Wildman–Crippen LogP) is 1.91. The van der Waals surface area contributed by atoms with Gasteiger partial charge in [-0.15, -0.1) is 0 Å². The van der Waals surface area contributed by atoms with Crippen molar-refractivity contribution in [3.8, 4) is 0 Å². The van der Waals surface area contributed by atoms with E-state index in [4.69, 9.17) is 10.2 Å². The zero-order valence-corrected chi connectivity index (χ0v) is 11.3. The highest BCUT2D eigenvalue weighted by molar-refractivity contribution is 5.89. The molecule has 1 saturated heterocycles. The van der Waals surface area contributed by atoms with Gasteiger partial charge in [-0.05, 0) is 17.7 Å². The molecule has 120 valence electrons. The average Bonchev–Trinajstić information content (AvgIpc) is 2.34. The molecule has 1 aliphatic heterocycles. The lowest BCUT2D eigenvalue weighted by Gasteiger charge is -2.30. The van der Waals surface area contributed by atoms with E-state index in [9.17, 15) is 22.8 Å². The summed E-state index contributed by atoms with van der Waals surface area (Å²) in [6.45, 7) is 1.14. The van der Waals surface area contributed by atoms with E-state index in [1.807, 2.05) is 0 Å². The van der Waals surface area contributed by atoms with Crippen LogP contribution in [0.4, 0.5) is 13.2 Å². The molecular formula is C14H14F3NO4.